The zero-order chi connectivity index (χ0) is 12.7. The topological polar surface area (TPSA) is 35.6 Å². The van der Waals surface area contributed by atoms with Crippen LogP contribution in [0.4, 0.5) is 0 Å². The standard InChI is InChI=1S/C13H27N3O/c1-12-6-4-9-16(11-12)13(17)10-14-7-5-8-15(2)3/h12,14H,4-11H2,1-3H3. The van der Waals surface area contributed by atoms with E-state index < -0.39 is 0 Å². The quantitative estimate of drug-likeness (QED) is 0.698. The number of hydrogen-bond donors (Lipinski definition) is 1. The number of piperidine rings is 1. The molecule has 1 aliphatic rings. The highest BCUT2D eigenvalue weighted by Gasteiger charge is 2.19. The number of hydrogen-bond acceptors (Lipinski definition) is 3. The Labute approximate surface area is 105 Å². The van der Waals surface area contributed by atoms with Crippen molar-refractivity contribution in [1.82, 2.24) is 15.1 Å². The molecule has 0 aromatic heterocycles. The van der Waals surface area contributed by atoms with Crippen molar-refractivity contribution >= 4 is 5.91 Å². The summed E-state index contributed by atoms with van der Waals surface area (Å²) >= 11 is 0. The summed E-state index contributed by atoms with van der Waals surface area (Å²) in [6.07, 6.45) is 3.52. The molecule has 1 fully saturated rings. The van der Waals surface area contributed by atoms with Gasteiger partial charge in [-0.25, -0.2) is 0 Å². The van der Waals surface area contributed by atoms with Crippen molar-refractivity contribution < 1.29 is 4.79 Å². The third-order valence-corrected chi connectivity index (χ3v) is 3.24. The summed E-state index contributed by atoms with van der Waals surface area (Å²) in [7, 11) is 4.14. The van der Waals surface area contributed by atoms with E-state index in [0.29, 0.717) is 12.5 Å². The van der Waals surface area contributed by atoms with E-state index >= 15 is 0 Å². The fourth-order valence-electron chi connectivity index (χ4n) is 2.24. The summed E-state index contributed by atoms with van der Waals surface area (Å²) in [5, 5.41) is 3.23. The molecule has 17 heavy (non-hydrogen) atoms. The van der Waals surface area contributed by atoms with Gasteiger partial charge in [0.2, 0.25) is 5.91 Å². The van der Waals surface area contributed by atoms with Gasteiger partial charge < -0.3 is 15.1 Å². The van der Waals surface area contributed by atoms with E-state index in [9.17, 15) is 4.79 Å². The van der Waals surface area contributed by atoms with E-state index in [1.165, 1.54) is 6.42 Å². The fourth-order valence-corrected chi connectivity index (χ4v) is 2.24. The number of carbonyl (C=O) groups is 1. The van der Waals surface area contributed by atoms with E-state index in [2.05, 4.69) is 31.2 Å². The van der Waals surface area contributed by atoms with E-state index in [4.69, 9.17) is 0 Å². The van der Waals surface area contributed by atoms with Gasteiger partial charge in [-0.15, -0.1) is 0 Å². The minimum Gasteiger partial charge on any atom is -0.341 e. The van der Waals surface area contributed by atoms with Gasteiger partial charge in [-0.3, -0.25) is 4.79 Å². The lowest BCUT2D eigenvalue weighted by atomic mass is 10.0. The maximum Gasteiger partial charge on any atom is 0.236 e. The number of amides is 1. The van der Waals surface area contributed by atoms with Crippen LogP contribution in [-0.4, -0.2) is 62.5 Å². The van der Waals surface area contributed by atoms with Crippen molar-refractivity contribution in [1.29, 1.82) is 0 Å². The van der Waals surface area contributed by atoms with Gasteiger partial charge in [0.25, 0.3) is 0 Å². The number of nitrogens with one attached hydrogen (secondary N) is 1. The molecule has 1 unspecified atom stereocenters. The fraction of sp³-hybridized carbons (Fsp3) is 0.923. The van der Waals surface area contributed by atoms with Crippen molar-refractivity contribution in [2.24, 2.45) is 5.92 Å². The molecule has 0 spiro atoms. The predicted octanol–water partition coefficient (Wildman–Crippen LogP) is 0.786. The molecule has 0 aromatic carbocycles. The van der Waals surface area contributed by atoms with Gasteiger partial charge >= 0.3 is 0 Å². The van der Waals surface area contributed by atoms with Crippen LogP contribution in [0.1, 0.15) is 26.2 Å². The lowest BCUT2D eigenvalue weighted by Gasteiger charge is -2.31. The molecular formula is C13H27N3O. The summed E-state index contributed by atoms with van der Waals surface area (Å²) in [5.41, 5.74) is 0. The molecular weight excluding hydrogens is 214 g/mol. The molecule has 1 atom stereocenters. The van der Waals surface area contributed by atoms with Crippen LogP contribution in [-0.2, 0) is 4.79 Å². The second-order valence-electron chi connectivity index (χ2n) is 5.42. The molecule has 100 valence electrons. The summed E-state index contributed by atoms with van der Waals surface area (Å²) in [6.45, 7) is 6.61. The van der Waals surface area contributed by atoms with Crippen molar-refractivity contribution in [2.45, 2.75) is 26.2 Å². The Bertz CT molecular complexity index is 231. The first-order valence-corrected chi connectivity index (χ1v) is 6.73. The SMILES string of the molecule is CC1CCCN(C(=O)CNCCCN(C)C)C1. The maximum atomic E-state index is 11.9. The minimum absolute atomic E-state index is 0.265. The van der Waals surface area contributed by atoms with Gasteiger partial charge in [-0.1, -0.05) is 6.92 Å². The van der Waals surface area contributed by atoms with Crippen LogP contribution in [0.15, 0.2) is 0 Å². The van der Waals surface area contributed by atoms with Gasteiger partial charge in [0, 0.05) is 13.1 Å². The molecule has 4 nitrogen and oxygen atoms in total. The first-order valence-electron chi connectivity index (χ1n) is 6.73. The highest BCUT2D eigenvalue weighted by atomic mass is 16.2. The Hall–Kier alpha value is -0.610. The molecule has 1 amide bonds. The van der Waals surface area contributed by atoms with Gasteiger partial charge in [-0.2, -0.15) is 0 Å². The Morgan fingerprint density at radius 2 is 2.24 bits per heavy atom. The van der Waals surface area contributed by atoms with E-state index in [-0.39, 0.29) is 5.91 Å². The minimum atomic E-state index is 0.265. The summed E-state index contributed by atoms with van der Waals surface area (Å²) in [4.78, 5) is 16.1. The molecule has 0 aliphatic carbocycles. The lowest BCUT2D eigenvalue weighted by Crippen LogP contribution is -2.43. The monoisotopic (exact) mass is 241 g/mol. The molecule has 0 bridgehead atoms. The summed E-state index contributed by atoms with van der Waals surface area (Å²) in [5.74, 6) is 0.933. The van der Waals surface area contributed by atoms with Gasteiger partial charge in [0.05, 0.1) is 6.54 Å². The van der Waals surface area contributed by atoms with Crippen molar-refractivity contribution in [3.8, 4) is 0 Å². The Kier molecular flexibility index (Phi) is 6.52. The van der Waals surface area contributed by atoms with Crippen molar-refractivity contribution in [3.05, 3.63) is 0 Å². The molecule has 1 aliphatic heterocycles. The van der Waals surface area contributed by atoms with Crippen LogP contribution in [0.3, 0.4) is 0 Å². The normalized spacial score (nSPS) is 20.9. The number of rotatable bonds is 6. The second-order valence-corrected chi connectivity index (χ2v) is 5.42. The number of nitrogens with zero attached hydrogens (tertiary/aromatic N) is 2. The Morgan fingerprint density at radius 3 is 2.88 bits per heavy atom. The van der Waals surface area contributed by atoms with E-state index in [0.717, 1.165) is 39.0 Å². The molecule has 0 radical (unpaired) electrons. The van der Waals surface area contributed by atoms with Gasteiger partial charge in [0.15, 0.2) is 0 Å². The average molecular weight is 241 g/mol. The molecule has 0 saturated carbocycles. The average Bonchev–Trinajstić information content (AvgIpc) is 2.28. The second kappa shape index (κ2) is 7.67. The highest BCUT2D eigenvalue weighted by Crippen LogP contribution is 2.14. The van der Waals surface area contributed by atoms with Gasteiger partial charge in [-0.05, 0) is 52.4 Å². The van der Waals surface area contributed by atoms with Crippen LogP contribution < -0.4 is 5.32 Å². The maximum absolute atomic E-state index is 11.9. The molecule has 4 heteroatoms. The predicted molar refractivity (Wildman–Crippen MR) is 71.0 cm³/mol. The van der Waals surface area contributed by atoms with Crippen LogP contribution in [0.2, 0.25) is 0 Å². The zero-order valence-electron chi connectivity index (χ0n) is 11.5. The Morgan fingerprint density at radius 1 is 1.47 bits per heavy atom. The Balaban J connectivity index is 2.08. The summed E-state index contributed by atoms with van der Waals surface area (Å²) in [6, 6.07) is 0. The first kappa shape index (κ1) is 14.5. The zero-order valence-corrected chi connectivity index (χ0v) is 11.5. The highest BCUT2D eigenvalue weighted by molar-refractivity contribution is 5.78. The van der Waals surface area contributed by atoms with Crippen molar-refractivity contribution in [2.75, 3.05) is 46.8 Å². The van der Waals surface area contributed by atoms with Crippen LogP contribution in [0.25, 0.3) is 0 Å². The first-order chi connectivity index (χ1) is 8.09. The molecule has 1 rings (SSSR count). The molecule has 1 N–H and O–H groups in total. The van der Waals surface area contributed by atoms with Crippen molar-refractivity contribution in [3.63, 3.8) is 0 Å². The van der Waals surface area contributed by atoms with Crippen LogP contribution in [0.5, 0.6) is 0 Å². The van der Waals surface area contributed by atoms with E-state index in [1.54, 1.807) is 0 Å². The van der Waals surface area contributed by atoms with Gasteiger partial charge in [0.1, 0.15) is 0 Å². The molecule has 1 saturated heterocycles. The smallest absolute Gasteiger partial charge is 0.236 e. The van der Waals surface area contributed by atoms with E-state index in [1.807, 2.05) is 4.90 Å². The third-order valence-electron chi connectivity index (χ3n) is 3.24. The van der Waals surface area contributed by atoms with Crippen LogP contribution in [0, 0.1) is 5.92 Å². The number of carbonyl (C=O) groups excluding carboxylic acids is 1. The number of likely N-dealkylation sites (tertiary alicyclic amines) is 1. The molecule has 0 aromatic rings. The molecule has 1 heterocycles. The lowest BCUT2D eigenvalue weighted by molar-refractivity contribution is -0.131. The summed E-state index contributed by atoms with van der Waals surface area (Å²) < 4.78 is 0. The largest absolute Gasteiger partial charge is 0.341 e. The van der Waals surface area contributed by atoms with Crippen LogP contribution >= 0.6 is 0 Å². The third kappa shape index (κ3) is 6.03.